The van der Waals surface area contributed by atoms with Crippen LogP contribution in [-0.4, -0.2) is 22.2 Å². The monoisotopic (exact) mass is 248 g/mol. The summed E-state index contributed by atoms with van der Waals surface area (Å²) in [4.78, 5) is 8.42. The van der Waals surface area contributed by atoms with Gasteiger partial charge in [-0.15, -0.1) is 0 Å². The predicted molar refractivity (Wildman–Crippen MR) is 66.6 cm³/mol. The average Bonchev–Trinajstić information content (AvgIpc) is 2.86. The highest BCUT2D eigenvalue weighted by Crippen LogP contribution is 2.22. The van der Waals surface area contributed by atoms with Gasteiger partial charge in [-0.3, -0.25) is 0 Å². The molecule has 0 amide bonds. The molecular weight excluding hydrogens is 232 g/mol. The van der Waals surface area contributed by atoms with Crippen molar-refractivity contribution in [1.82, 2.24) is 15.1 Å². The summed E-state index contributed by atoms with van der Waals surface area (Å²) >= 11 is 0. The van der Waals surface area contributed by atoms with Crippen LogP contribution in [0.3, 0.4) is 0 Å². The molecule has 0 radical (unpaired) electrons. The van der Waals surface area contributed by atoms with Gasteiger partial charge in [0.25, 0.3) is 5.89 Å². The summed E-state index contributed by atoms with van der Waals surface area (Å²) in [6.45, 7) is 2.08. The van der Waals surface area contributed by atoms with Gasteiger partial charge < -0.3 is 15.0 Å². The van der Waals surface area contributed by atoms with Crippen LogP contribution >= 0.6 is 0 Å². The third kappa shape index (κ3) is 2.65. The summed E-state index contributed by atoms with van der Waals surface area (Å²) in [7, 11) is 1.64. The number of nitrogens with zero attached hydrogens (tertiary/aromatic N) is 3. The summed E-state index contributed by atoms with van der Waals surface area (Å²) in [5, 5.41) is 3.92. The van der Waals surface area contributed by atoms with Crippen molar-refractivity contribution in [3.63, 3.8) is 0 Å². The molecule has 0 saturated carbocycles. The molecule has 2 aromatic rings. The van der Waals surface area contributed by atoms with Gasteiger partial charge in [-0.2, -0.15) is 4.98 Å². The van der Waals surface area contributed by atoms with E-state index in [0.717, 1.165) is 12.8 Å². The molecule has 0 aliphatic heterocycles. The minimum Gasteiger partial charge on any atom is -0.397 e. The maximum Gasteiger partial charge on any atom is 0.276 e. The number of nitrogen functional groups attached to an aromatic ring is 1. The third-order valence-corrected chi connectivity index (χ3v) is 2.57. The molecule has 1 unspecified atom stereocenters. The van der Waals surface area contributed by atoms with Gasteiger partial charge >= 0.3 is 0 Å². The number of hydrogen-bond donors (Lipinski definition) is 1. The minimum absolute atomic E-state index is 0.138. The number of hydrogen-bond acceptors (Lipinski definition) is 6. The van der Waals surface area contributed by atoms with Crippen molar-refractivity contribution in [2.75, 3.05) is 12.8 Å². The third-order valence-electron chi connectivity index (χ3n) is 2.57. The van der Waals surface area contributed by atoms with Gasteiger partial charge in [-0.05, 0) is 18.6 Å². The molecule has 0 saturated heterocycles. The standard InChI is InChI=1S/C12H16N4O2/c1-3-4-10(17-2)11-15-12(18-16-11)9-6-5-8(13)7-14-9/h5-7,10H,3-4,13H2,1-2H3. The molecule has 18 heavy (non-hydrogen) atoms. The summed E-state index contributed by atoms with van der Waals surface area (Å²) in [5.74, 6) is 0.927. The van der Waals surface area contributed by atoms with Crippen LogP contribution in [0.5, 0.6) is 0 Å². The second kappa shape index (κ2) is 5.59. The smallest absolute Gasteiger partial charge is 0.276 e. The second-order valence-corrected chi connectivity index (χ2v) is 3.95. The first-order valence-corrected chi connectivity index (χ1v) is 5.83. The zero-order valence-corrected chi connectivity index (χ0v) is 10.5. The Hall–Kier alpha value is -1.95. The highest BCUT2D eigenvalue weighted by molar-refractivity contribution is 5.50. The van der Waals surface area contributed by atoms with E-state index in [4.69, 9.17) is 15.0 Å². The van der Waals surface area contributed by atoms with Gasteiger partial charge in [0.05, 0.1) is 11.9 Å². The summed E-state index contributed by atoms with van der Waals surface area (Å²) in [6, 6.07) is 3.49. The first kappa shape index (κ1) is 12.5. The molecule has 6 heteroatoms. The van der Waals surface area contributed by atoms with Crippen molar-refractivity contribution in [3.8, 4) is 11.6 Å². The van der Waals surface area contributed by atoms with Crippen molar-refractivity contribution in [1.29, 1.82) is 0 Å². The number of nitrogens with two attached hydrogens (primary N) is 1. The van der Waals surface area contributed by atoms with Crippen LogP contribution < -0.4 is 5.73 Å². The van der Waals surface area contributed by atoms with Gasteiger partial charge in [-0.1, -0.05) is 18.5 Å². The molecule has 1 atom stereocenters. The van der Waals surface area contributed by atoms with Gasteiger partial charge in [0.1, 0.15) is 11.8 Å². The molecule has 0 aliphatic carbocycles. The van der Waals surface area contributed by atoms with E-state index in [-0.39, 0.29) is 6.10 Å². The van der Waals surface area contributed by atoms with Gasteiger partial charge in [0, 0.05) is 7.11 Å². The van der Waals surface area contributed by atoms with Crippen LogP contribution in [0.25, 0.3) is 11.6 Å². The van der Waals surface area contributed by atoms with E-state index in [1.807, 2.05) is 0 Å². The zero-order valence-electron chi connectivity index (χ0n) is 10.5. The Morgan fingerprint density at radius 1 is 1.44 bits per heavy atom. The van der Waals surface area contributed by atoms with E-state index >= 15 is 0 Å². The summed E-state index contributed by atoms with van der Waals surface area (Å²) in [5.41, 5.74) is 6.77. The molecule has 0 spiro atoms. The fraction of sp³-hybridized carbons (Fsp3) is 0.417. The Morgan fingerprint density at radius 3 is 2.89 bits per heavy atom. The molecule has 96 valence electrons. The lowest BCUT2D eigenvalue weighted by molar-refractivity contribution is 0.0854. The molecule has 0 aromatic carbocycles. The van der Waals surface area contributed by atoms with E-state index in [2.05, 4.69) is 22.0 Å². The molecule has 0 bridgehead atoms. The largest absolute Gasteiger partial charge is 0.397 e. The first-order valence-electron chi connectivity index (χ1n) is 5.83. The van der Waals surface area contributed by atoms with E-state index in [1.54, 1.807) is 25.4 Å². The van der Waals surface area contributed by atoms with Crippen molar-refractivity contribution in [3.05, 3.63) is 24.2 Å². The average molecular weight is 248 g/mol. The van der Waals surface area contributed by atoms with Gasteiger partial charge in [-0.25, -0.2) is 4.98 Å². The molecule has 2 aromatic heterocycles. The fourth-order valence-corrected chi connectivity index (χ4v) is 1.62. The number of anilines is 1. The second-order valence-electron chi connectivity index (χ2n) is 3.95. The Bertz CT molecular complexity index is 495. The van der Waals surface area contributed by atoms with Crippen molar-refractivity contribution < 1.29 is 9.26 Å². The Morgan fingerprint density at radius 2 is 2.28 bits per heavy atom. The number of ether oxygens (including phenoxy) is 1. The molecular formula is C12H16N4O2. The van der Waals surface area contributed by atoms with Gasteiger partial charge in [0.2, 0.25) is 5.82 Å². The van der Waals surface area contributed by atoms with Crippen LogP contribution in [0.1, 0.15) is 31.7 Å². The van der Waals surface area contributed by atoms with Crippen molar-refractivity contribution in [2.24, 2.45) is 0 Å². The van der Waals surface area contributed by atoms with E-state index in [9.17, 15) is 0 Å². The van der Waals surface area contributed by atoms with Crippen molar-refractivity contribution in [2.45, 2.75) is 25.9 Å². The normalized spacial score (nSPS) is 12.6. The highest BCUT2D eigenvalue weighted by Gasteiger charge is 2.18. The van der Waals surface area contributed by atoms with Crippen molar-refractivity contribution >= 4 is 5.69 Å². The molecule has 0 aliphatic rings. The predicted octanol–water partition coefficient (Wildman–Crippen LogP) is 2.20. The zero-order chi connectivity index (χ0) is 13.0. The maximum absolute atomic E-state index is 5.57. The first-order chi connectivity index (χ1) is 8.74. The molecule has 0 fully saturated rings. The number of pyridine rings is 1. The minimum atomic E-state index is -0.138. The topological polar surface area (TPSA) is 87.1 Å². The van der Waals surface area contributed by atoms with Crippen LogP contribution in [0.15, 0.2) is 22.9 Å². The van der Waals surface area contributed by atoms with E-state index < -0.39 is 0 Å². The van der Waals surface area contributed by atoms with Gasteiger partial charge in [0.15, 0.2) is 0 Å². The number of rotatable bonds is 5. The molecule has 2 N–H and O–H groups in total. The quantitative estimate of drug-likeness (QED) is 0.872. The lowest BCUT2D eigenvalue weighted by Crippen LogP contribution is -2.03. The Balaban J connectivity index is 2.21. The lowest BCUT2D eigenvalue weighted by atomic mass is 10.2. The summed E-state index contributed by atoms with van der Waals surface area (Å²) < 4.78 is 10.5. The Kier molecular flexibility index (Phi) is 3.88. The van der Waals surface area contributed by atoms with E-state index in [0.29, 0.717) is 23.1 Å². The van der Waals surface area contributed by atoms with Crippen LogP contribution in [0.4, 0.5) is 5.69 Å². The molecule has 6 nitrogen and oxygen atoms in total. The number of methoxy groups -OCH3 is 1. The van der Waals surface area contributed by atoms with Crippen LogP contribution in [0, 0.1) is 0 Å². The molecule has 2 rings (SSSR count). The SMILES string of the molecule is CCCC(OC)c1noc(-c2ccc(N)cn2)n1. The van der Waals surface area contributed by atoms with E-state index in [1.165, 1.54) is 0 Å². The number of aromatic nitrogens is 3. The van der Waals surface area contributed by atoms with Crippen LogP contribution in [0.2, 0.25) is 0 Å². The Labute approximate surface area is 105 Å². The highest BCUT2D eigenvalue weighted by atomic mass is 16.5. The lowest BCUT2D eigenvalue weighted by Gasteiger charge is -2.08. The molecule has 2 heterocycles. The van der Waals surface area contributed by atoms with Crippen LogP contribution in [-0.2, 0) is 4.74 Å². The summed E-state index contributed by atoms with van der Waals surface area (Å²) in [6.07, 6.45) is 3.26. The fourth-order valence-electron chi connectivity index (χ4n) is 1.62. The maximum atomic E-state index is 5.57.